The number of benzene rings is 2. The van der Waals surface area contributed by atoms with Crippen LogP contribution in [0.15, 0.2) is 54.7 Å². The van der Waals surface area contributed by atoms with Gasteiger partial charge in [0.1, 0.15) is 23.1 Å². The summed E-state index contributed by atoms with van der Waals surface area (Å²) in [5, 5.41) is 6.50. The number of nitrogens with zero attached hydrogens (tertiary/aromatic N) is 2. The number of anilines is 3. The number of aromatic nitrogens is 2. The van der Waals surface area contributed by atoms with Gasteiger partial charge in [0.15, 0.2) is 0 Å². The van der Waals surface area contributed by atoms with Crippen molar-refractivity contribution in [3.63, 3.8) is 0 Å². The van der Waals surface area contributed by atoms with E-state index in [0.717, 1.165) is 41.5 Å². The molecule has 2 aromatic carbocycles. The molecule has 7 heteroatoms. The van der Waals surface area contributed by atoms with Crippen molar-refractivity contribution in [1.82, 2.24) is 9.97 Å². The highest BCUT2D eigenvalue weighted by Gasteiger charge is 2.08. The van der Waals surface area contributed by atoms with E-state index in [-0.39, 0.29) is 0 Å². The van der Waals surface area contributed by atoms with Crippen LogP contribution in [0.4, 0.5) is 17.5 Å². The van der Waals surface area contributed by atoms with Crippen LogP contribution in [0.5, 0.6) is 17.2 Å². The number of rotatable bonds is 9. The average Bonchev–Trinajstić information content (AvgIpc) is 2.74. The fourth-order valence-electron chi connectivity index (χ4n) is 2.78. The van der Waals surface area contributed by atoms with Crippen LogP contribution in [0.3, 0.4) is 0 Å². The predicted molar refractivity (Wildman–Crippen MR) is 110 cm³/mol. The first-order chi connectivity index (χ1) is 13.7. The largest absolute Gasteiger partial charge is 0.497 e. The second-order valence-electron chi connectivity index (χ2n) is 5.95. The molecule has 0 aliphatic heterocycles. The van der Waals surface area contributed by atoms with E-state index in [9.17, 15) is 0 Å². The molecule has 3 rings (SSSR count). The lowest BCUT2D eigenvalue weighted by Gasteiger charge is -2.13. The molecule has 146 valence electrons. The zero-order valence-electron chi connectivity index (χ0n) is 16.2. The molecule has 0 atom stereocenters. The standard InChI is InChI=1S/C21H24N4O3/c1-26-16-8-9-19(28-3)17(14-16)24-21-23-13-11-20(25-21)22-12-10-15-6-4-5-7-18(15)27-2/h4-9,11,13-14H,10,12H2,1-3H3,(H2,22,23,24,25). The number of para-hydroxylation sites is 1. The lowest BCUT2D eigenvalue weighted by molar-refractivity contribution is 0.405. The molecule has 7 nitrogen and oxygen atoms in total. The summed E-state index contributed by atoms with van der Waals surface area (Å²) in [6.45, 7) is 0.722. The minimum absolute atomic E-state index is 0.467. The van der Waals surface area contributed by atoms with Gasteiger partial charge in [-0.05, 0) is 36.2 Å². The van der Waals surface area contributed by atoms with E-state index < -0.39 is 0 Å². The fourth-order valence-corrected chi connectivity index (χ4v) is 2.78. The third-order valence-corrected chi connectivity index (χ3v) is 4.20. The number of hydrogen-bond donors (Lipinski definition) is 2. The van der Waals surface area contributed by atoms with Gasteiger partial charge >= 0.3 is 0 Å². The molecule has 3 aromatic rings. The summed E-state index contributed by atoms with van der Waals surface area (Å²) >= 11 is 0. The topological polar surface area (TPSA) is 77.5 Å². The minimum Gasteiger partial charge on any atom is -0.497 e. The Hall–Kier alpha value is -3.48. The lowest BCUT2D eigenvalue weighted by Crippen LogP contribution is -2.08. The molecule has 2 N–H and O–H groups in total. The van der Waals surface area contributed by atoms with Crippen molar-refractivity contribution in [2.45, 2.75) is 6.42 Å². The van der Waals surface area contributed by atoms with E-state index in [0.29, 0.717) is 11.7 Å². The zero-order valence-corrected chi connectivity index (χ0v) is 16.2. The van der Waals surface area contributed by atoms with Crippen molar-refractivity contribution in [3.05, 3.63) is 60.3 Å². The average molecular weight is 380 g/mol. The Morgan fingerprint density at radius 2 is 1.71 bits per heavy atom. The van der Waals surface area contributed by atoms with Crippen LogP contribution in [0.1, 0.15) is 5.56 Å². The summed E-state index contributed by atoms with van der Waals surface area (Å²) in [5.41, 5.74) is 1.87. The highest BCUT2D eigenvalue weighted by atomic mass is 16.5. The minimum atomic E-state index is 0.467. The van der Waals surface area contributed by atoms with Gasteiger partial charge < -0.3 is 24.8 Å². The number of methoxy groups -OCH3 is 3. The Morgan fingerprint density at radius 3 is 2.50 bits per heavy atom. The van der Waals surface area contributed by atoms with Crippen molar-refractivity contribution in [1.29, 1.82) is 0 Å². The highest BCUT2D eigenvalue weighted by molar-refractivity contribution is 5.65. The number of nitrogens with one attached hydrogen (secondary N) is 2. The predicted octanol–water partition coefficient (Wildman–Crippen LogP) is 3.90. The van der Waals surface area contributed by atoms with Gasteiger partial charge in [0.2, 0.25) is 5.95 Å². The molecule has 28 heavy (non-hydrogen) atoms. The first-order valence-electron chi connectivity index (χ1n) is 8.91. The zero-order chi connectivity index (χ0) is 19.8. The van der Waals surface area contributed by atoms with E-state index >= 15 is 0 Å². The Morgan fingerprint density at radius 1 is 0.893 bits per heavy atom. The van der Waals surface area contributed by atoms with E-state index in [2.05, 4.69) is 26.7 Å². The third kappa shape index (κ3) is 4.82. The molecule has 0 saturated carbocycles. The molecule has 0 spiro atoms. The Labute approximate surface area is 164 Å². The second kappa shape index (κ2) is 9.45. The van der Waals surface area contributed by atoms with E-state index in [1.54, 1.807) is 27.5 Å². The molecule has 0 bridgehead atoms. The van der Waals surface area contributed by atoms with Gasteiger partial charge in [-0.2, -0.15) is 4.98 Å². The molecular weight excluding hydrogens is 356 g/mol. The van der Waals surface area contributed by atoms with Crippen LogP contribution in [-0.2, 0) is 6.42 Å². The van der Waals surface area contributed by atoms with Crippen LogP contribution in [0.25, 0.3) is 0 Å². The summed E-state index contributed by atoms with van der Waals surface area (Å²) in [7, 11) is 4.92. The van der Waals surface area contributed by atoms with Crippen LogP contribution in [0, 0.1) is 0 Å². The van der Waals surface area contributed by atoms with Crippen molar-refractivity contribution >= 4 is 17.5 Å². The number of hydrogen-bond acceptors (Lipinski definition) is 7. The molecule has 0 aliphatic rings. The Balaban J connectivity index is 1.66. The Bertz CT molecular complexity index is 918. The van der Waals surface area contributed by atoms with Gasteiger partial charge in [-0.3, -0.25) is 0 Å². The highest BCUT2D eigenvalue weighted by Crippen LogP contribution is 2.30. The van der Waals surface area contributed by atoms with Gasteiger partial charge in [-0.15, -0.1) is 0 Å². The number of ether oxygens (including phenoxy) is 3. The normalized spacial score (nSPS) is 10.2. The molecule has 1 heterocycles. The maximum atomic E-state index is 5.39. The molecule has 1 aromatic heterocycles. The van der Waals surface area contributed by atoms with Crippen molar-refractivity contribution in [2.24, 2.45) is 0 Å². The molecule has 0 saturated heterocycles. The molecule has 0 unspecified atom stereocenters. The molecule has 0 fully saturated rings. The molecule has 0 aliphatic carbocycles. The van der Waals surface area contributed by atoms with Gasteiger partial charge in [-0.25, -0.2) is 4.98 Å². The summed E-state index contributed by atoms with van der Waals surface area (Å²) in [4.78, 5) is 8.79. The van der Waals surface area contributed by atoms with Crippen LogP contribution < -0.4 is 24.8 Å². The van der Waals surface area contributed by atoms with Gasteiger partial charge in [0.25, 0.3) is 0 Å². The SMILES string of the molecule is COc1ccc(OC)c(Nc2nccc(NCCc3ccccc3OC)n2)c1. The summed E-state index contributed by atoms with van der Waals surface area (Å²) in [6, 6.07) is 15.3. The maximum absolute atomic E-state index is 5.39. The second-order valence-corrected chi connectivity index (χ2v) is 5.95. The first kappa shape index (κ1) is 19.3. The molecule has 0 radical (unpaired) electrons. The smallest absolute Gasteiger partial charge is 0.229 e. The van der Waals surface area contributed by atoms with Crippen molar-refractivity contribution in [3.8, 4) is 17.2 Å². The lowest BCUT2D eigenvalue weighted by atomic mass is 10.1. The summed E-state index contributed by atoms with van der Waals surface area (Å²) < 4.78 is 16.0. The molecular formula is C21H24N4O3. The maximum Gasteiger partial charge on any atom is 0.229 e. The van der Waals surface area contributed by atoms with Crippen LogP contribution in [-0.4, -0.2) is 37.8 Å². The summed E-state index contributed by atoms with van der Waals surface area (Å²) in [5.74, 6) is 3.48. The van der Waals surface area contributed by atoms with Crippen LogP contribution >= 0.6 is 0 Å². The van der Waals surface area contributed by atoms with E-state index in [1.165, 1.54) is 0 Å². The first-order valence-corrected chi connectivity index (χ1v) is 8.91. The summed E-state index contributed by atoms with van der Waals surface area (Å²) in [6.07, 6.45) is 2.52. The van der Waals surface area contributed by atoms with Crippen molar-refractivity contribution in [2.75, 3.05) is 38.5 Å². The quantitative estimate of drug-likeness (QED) is 0.583. The van der Waals surface area contributed by atoms with Gasteiger partial charge in [-0.1, -0.05) is 18.2 Å². The van der Waals surface area contributed by atoms with Crippen LogP contribution in [0.2, 0.25) is 0 Å². The third-order valence-electron chi connectivity index (χ3n) is 4.20. The monoisotopic (exact) mass is 380 g/mol. The van der Waals surface area contributed by atoms with E-state index in [4.69, 9.17) is 14.2 Å². The van der Waals surface area contributed by atoms with Crippen molar-refractivity contribution < 1.29 is 14.2 Å². The van der Waals surface area contributed by atoms with E-state index in [1.807, 2.05) is 42.5 Å². The van der Waals surface area contributed by atoms with Gasteiger partial charge in [0, 0.05) is 18.8 Å². The van der Waals surface area contributed by atoms with Gasteiger partial charge in [0.05, 0.1) is 27.0 Å². The fraction of sp³-hybridized carbons (Fsp3) is 0.238. The Kier molecular flexibility index (Phi) is 6.51. The molecule has 0 amide bonds.